The first-order valence-electron chi connectivity index (χ1n) is 7.99. The molecule has 0 aliphatic carbocycles. The van der Waals surface area contributed by atoms with Crippen molar-refractivity contribution < 1.29 is 21.6 Å². The average molecular weight is 446 g/mol. The second kappa shape index (κ2) is 8.18. The highest BCUT2D eigenvalue weighted by Gasteiger charge is 2.22. The number of rotatable bonds is 6. The van der Waals surface area contributed by atoms with E-state index in [2.05, 4.69) is 5.32 Å². The van der Waals surface area contributed by atoms with Gasteiger partial charge in [0, 0.05) is 14.1 Å². The Labute approximate surface area is 169 Å². The minimum absolute atomic E-state index is 0.0117. The first-order valence-corrected chi connectivity index (χ1v) is 11.4. The van der Waals surface area contributed by atoms with Crippen LogP contribution in [0.1, 0.15) is 28.9 Å². The summed E-state index contributed by atoms with van der Waals surface area (Å²) in [7, 11) is -4.76. The highest BCUT2D eigenvalue weighted by atomic mass is 35.5. The molecule has 0 fully saturated rings. The number of hydrogen-bond acceptors (Lipinski definition) is 5. The molecule has 2 aromatic rings. The van der Waals surface area contributed by atoms with Gasteiger partial charge in [-0.05, 0) is 42.8 Å². The van der Waals surface area contributed by atoms with Gasteiger partial charge in [0.25, 0.3) is 5.91 Å². The number of hydrogen-bond donors (Lipinski definition) is 2. The summed E-state index contributed by atoms with van der Waals surface area (Å²) < 4.78 is 48.2. The molecular weight excluding hydrogens is 426 g/mol. The quantitative estimate of drug-likeness (QED) is 0.700. The maximum Gasteiger partial charge on any atom is 0.253 e. The SMILES string of the molecule is CC(NC(=O)c1cc(S(=O)(=O)N(C)C)ccc1Cl)c1ccc(S(N)(=O)=O)cc1. The van der Waals surface area contributed by atoms with Crippen molar-refractivity contribution in [2.45, 2.75) is 22.8 Å². The number of nitrogens with two attached hydrogens (primary N) is 1. The highest BCUT2D eigenvalue weighted by molar-refractivity contribution is 7.89. The molecule has 152 valence electrons. The molecule has 1 atom stereocenters. The molecule has 1 unspecified atom stereocenters. The lowest BCUT2D eigenvalue weighted by atomic mass is 10.1. The largest absolute Gasteiger partial charge is 0.345 e. The van der Waals surface area contributed by atoms with Gasteiger partial charge in [-0.1, -0.05) is 23.7 Å². The van der Waals surface area contributed by atoms with E-state index in [1.54, 1.807) is 6.92 Å². The molecule has 0 aliphatic rings. The van der Waals surface area contributed by atoms with Crippen LogP contribution in [0.25, 0.3) is 0 Å². The Morgan fingerprint density at radius 3 is 2.07 bits per heavy atom. The maximum atomic E-state index is 12.6. The second-order valence-corrected chi connectivity index (χ2v) is 10.4. The number of benzene rings is 2. The summed E-state index contributed by atoms with van der Waals surface area (Å²) >= 11 is 6.07. The predicted molar refractivity (Wildman–Crippen MR) is 106 cm³/mol. The summed E-state index contributed by atoms with van der Waals surface area (Å²) in [6, 6.07) is 9.12. The minimum atomic E-state index is -3.81. The van der Waals surface area contributed by atoms with Gasteiger partial charge in [0.2, 0.25) is 20.0 Å². The molecule has 0 radical (unpaired) electrons. The molecule has 0 aliphatic heterocycles. The van der Waals surface area contributed by atoms with Gasteiger partial charge >= 0.3 is 0 Å². The van der Waals surface area contributed by atoms with Gasteiger partial charge in [0.1, 0.15) is 0 Å². The van der Waals surface area contributed by atoms with Crippen molar-refractivity contribution in [2.24, 2.45) is 5.14 Å². The van der Waals surface area contributed by atoms with Gasteiger partial charge in [-0.25, -0.2) is 26.3 Å². The van der Waals surface area contributed by atoms with Gasteiger partial charge in [0.05, 0.1) is 26.4 Å². The van der Waals surface area contributed by atoms with Crippen molar-refractivity contribution in [2.75, 3.05) is 14.1 Å². The predicted octanol–water partition coefficient (Wildman–Crippen LogP) is 1.73. The van der Waals surface area contributed by atoms with Crippen molar-refractivity contribution >= 4 is 37.6 Å². The molecule has 0 aromatic heterocycles. The molecule has 1 amide bonds. The zero-order chi connectivity index (χ0) is 21.3. The van der Waals surface area contributed by atoms with Crippen LogP contribution in [0.4, 0.5) is 0 Å². The summed E-state index contributed by atoms with van der Waals surface area (Å²) in [5.41, 5.74) is 0.645. The van der Waals surface area contributed by atoms with Gasteiger partial charge in [-0.15, -0.1) is 0 Å². The Kier molecular flexibility index (Phi) is 6.51. The van der Waals surface area contributed by atoms with Crippen LogP contribution in [0.5, 0.6) is 0 Å². The third kappa shape index (κ3) is 4.89. The number of amides is 1. The van der Waals surface area contributed by atoms with Crippen molar-refractivity contribution in [1.82, 2.24) is 9.62 Å². The van der Waals surface area contributed by atoms with E-state index in [-0.39, 0.29) is 20.4 Å². The Morgan fingerprint density at radius 1 is 1.04 bits per heavy atom. The summed E-state index contributed by atoms with van der Waals surface area (Å²) in [5, 5.41) is 7.87. The van der Waals surface area contributed by atoms with Crippen LogP contribution in [0.2, 0.25) is 5.02 Å². The topological polar surface area (TPSA) is 127 Å². The molecular formula is C17H20ClN3O5S2. The standard InChI is InChI=1S/C17H20ClN3O5S2/c1-11(12-4-6-13(7-5-12)27(19,23)24)20-17(22)15-10-14(8-9-16(15)18)28(25,26)21(2)3/h4-11H,1-3H3,(H,20,22)(H2,19,23,24). The van der Waals surface area contributed by atoms with Gasteiger partial charge in [-0.2, -0.15) is 0 Å². The zero-order valence-electron chi connectivity index (χ0n) is 15.4. The van der Waals surface area contributed by atoms with Crippen LogP contribution < -0.4 is 10.5 Å². The molecule has 28 heavy (non-hydrogen) atoms. The van der Waals surface area contributed by atoms with Crippen LogP contribution in [-0.4, -0.2) is 41.1 Å². The zero-order valence-corrected chi connectivity index (χ0v) is 17.8. The monoisotopic (exact) mass is 445 g/mol. The lowest BCUT2D eigenvalue weighted by Gasteiger charge is -2.17. The Bertz CT molecular complexity index is 1100. The smallest absolute Gasteiger partial charge is 0.253 e. The fourth-order valence-corrected chi connectivity index (χ4v) is 4.00. The third-order valence-electron chi connectivity index (χ3n) is 4.02. The third-order valence-corrected chi connectivity index (χ3v) is 7.09. The Hall–Kier alpha value is -1.98. The number of carbonyl (C=O) groups excluding carboxylic acids is 1. The van der Waals surface area contributed by atoms with Crippen LogP contribution in [0, 0.1) is 0 Å². The fraction of sp³-hybridized carbons (Fsp3) is 0.235. The minimum Gasteiger partial charge on any atom is -0.345 e. The van der Waals surface area contributed by atoms with Crippen LogP contribution in [-0.2, 0) is 20.0 Å². The van der Waals surface area contributed by atoms with E-state index in [1.165, 1.54) is 56.6 Å². The van der Waals surface area contributed by atoms with Crippen molar-refractivity contribution in [3.63, 3.8) is 0 Å². The Morgan fingerprint density at radius 2 is 1.57 bits per heavy atom. The molecule has 3 N–H and O–H groups in total. The van der Waals surface area contributed by atoms with Crippen molar-refractivity contribution in [3.8, 4) is 0 Å². The maximum absolute atomic E-state index is 12.6. The number of nitrogens with one attached hydrogen (secondary N) is 1. The van der Waals surface area contributed by atoms with Crippen LogP contribution in [0.15, 0.2) is 52.3 Å². The van der Waals surface area contributed by atoms with Crippen molar-refractivity contribution in [3.05, 3.63) is 58.6 Å². The van der Waals surface area contributed by atoms with E-state index in [1.807, 2.05) is 0 Å². The highest BCUT2D eigenvalue weighted by Crippen LogP contribution is 2.23. The average Bonchev–Trinajstić information content (AvgIpc) is 2.61. The lowest BCUT2D eigenvalue weighted by Crippen LogP contribution is -2.28. The number of nitrogens with zero attached hydrogens (tertiary/aromatic N) is 1. The normalized spacial score (nSPS) is 13.4. The van der Waals surface area contributed by atoms with E-state index >= 15 is 0 Å². The van der Waals surface area contributed by atoms with Gasteiger partial charge in [-0.3, -0.25) is 4.79 Å². The molecule has 11 heteroatoms. The van der Waals surface area contributed by atoms with E-state index in [0.717, 1.165) is 4.31 Å². The molecule has 2 rings (SSSR count). The molecule has 0 saturated carbocycles. The number of halogens is 1. The molecule has 2 aromatic carbocycles. The number of primary sulfonamides is 1. The first kappa shape index (κ1) is 22.3. The molecule has 0 spiro atoms. The summed E-state index contributed by atoms with van der Waals surface area (Å²) in [6.45, 7) is 1.69. The molecule has 8 nitrogen and oxygen atoms in total. The number of carbonyl (C=O) groups is 1. The molecule has 0 saturated heterocycles. The summed E-state index contributed by atoms with van der Waals surface area (Å²) in [4.78, 5) is 12.5. The van der Waals surface area contributed by atoms with Crippen molar-refractivity contribution in [1.29, 1.82) is 0 Å². The van der Waals surface area contributed by atoms with Crippen LogP contribution in [0.3, 0.4) is 0 Å². The van der Waals surface area contributed by atoms with Crippen LogP contribution >= 0.6 is 11.6 Å². The second-order valence-electron chi connectivity index (χ2n) is 6.24. The lowest BCUT2D eigenvalue weighted by molar-refractivity contribution is 0.0939. The summed E-state index contributed by atoms with van der Waals surface area (Å²) in [5.74, 6) is -0.566. The fourth-order valence-electron chi connectivity index (χ4n) is 2.35. The first-order chi connectivity index (χ1) is 12.8. The Balaban J connectivity index is 2.27. The molecule has 0 heterocycles. The van der Waals surface area contributed by atoms with Gasteiger partial charge < -0.3 is 5.32 Å². The van der Waals surface area contributed by atoms with Gasteiger partial charge in [0.15, 0.2) is 0 Å². The van der Waals surface area contributed by atoms with E-state index in [4.69, 9.17) is 16.7 Å². The number of sulfonamides is 2. The summed E-state index contributed by atoms with van der Waals surface area (Å²) in [6.07, 6.45) is 0. The molecule has 0 bridgehead atoms. The van der Waals surface area contributed by atoms with E-state index in [0.29, 0.717) is 5.56 Å². The van der Waals surface area contributed by atoms with E-state index in [9.17, 15) is 21.6 Å². The van der Waals surface area contributed by atoms with E-state index < -0.39 is 32.0 Å².